The Morgan fingerprint density at radius 1 is 0.842 bits per heavy atom. The maximum atomic E-state index is 12.0. The molecule has 2 aliphatic rings. The largest absolute Gasteiger partial charge is 0.353 e. The minimum atomic E-state index is 0.335. The van der Waals surface area contributed by atoms with E-state index in [0.29, 0.717) is 23.8 Å². The van der Waals surface area contributed by atoms with E-state index in [0.717, 1.165) is 6.42 Å². The first-order valence-corrected chi connectivity index (χ1v) is 8.58. The number of amides is 1. The first-order chi connectivity index (χ1) is 9.27. The molecule has 0 unspecified atom stereocenters. The molecule has 2 saturated carbocycles. The number of rotatable bonds is 2. The minimum absolute atomic E-state index is 0.335. The van der Waals surface area contributed by atoms with Crippen LogP contribution in [0.4, 0.5) is 0 Å². The van der Waals surface area contributed by atoms with E-state index in [4.69, 9.17) is 0 Å². The van der Waals surface area contributed by atoms with Crippen molar-refractivity contribution in [2.45, 2.75) is 90.0 Å². The fourth-order valence-electron chi connectivity index (χ4n) is 3.30. The Hall–Kier alpha value is -0.530. The normalized spacial score (nSPS) is 31.0. The van der Waals surface area contributed by atoms with Gasteiger partial charge in [0.2, 0.25) is 5.91 Å². The number of hydrogen-bond acceptors (Lipinski definition) is 1. The summed E-state index contributed by atoms with van der Waals surface area (Å²) in [6.45, 7) is 2.19. The van der Waals surface area contributed by atoms with Crippen LogP contribution < -0.4 is 5.32 Å². The van der Waals surface area contributed by atoms with E-state index >= 15 is 0 Å². The first-order valence-electron chi connectivity index (χ1n) is 8.58. The van der Waals surface area contributed by atoms with E-state index in [1.54, 1.807) is 0 Å². The molecule has 2 heteroatoms. The zero-order valence-corrected chi connectivity index (χ0v) is 12.6. The molecule has 0 aliphatic heterocycles. The number of carbonyl (C=O) groups is 1. The van der Waals surface area contributed by atoms with Crippen molar-refractivity contribution < 1.29 is 4.79 Å². The lowest BCUT2D eigenvalue weighted by Crippen LogP contribution is -2.36. The minimum Gasteiger partial charge on any atom is -0.353 e. The summed E-state index contributed by atoms with van der Waals surface area (Å²) in [7, 11) is 0. The molecule has 19 heavy (non-hydrogen) atoms. The molecule has 2 atom stereocenters. The molecule has 2 fully saturated rings. The maximum Gasteiger partial charge on any atom is 0.223 e. The van der Waals surface area contributed by atoms with Crippen LogP contribution in [0.3, 0.4) is 0 Å². The van der Waals surface area contributed by atoms with Crippen molar-refractivity contribution in [1.29, 1.82) is 0 Å². The second-order valence-corrected chi connectivity index (χ2v) is 6.78. The van der Waals surface area contributed by atoms with Gasteiger partial charge in [-0.1, -0.05) is 64.7 Å². The summed E-state index contributed by atoms with van der Waals surface area (Å²) in [5.74, 6) is 1.30. The van der Waals surface area contributed by atoms with E-state index in [-0.39, 0.29) is 0 Å². The highest BCUT2D eigenvalue weighted by Gasteiger charge is 2.39. The molecule has 2 nitrogen and oxygen atoms in total. The Balaban J connectivity index is 1.72. The van der Waals surface area contributed by atoms with Gasteiger partial charge in [0.15, 0.2) is 0 Å². The van der Waals surface area contributed by atoms with E-state index in [2.05, 4.69) is 12.2 Å². The summed E-state index contributed by atoms with van der Waals surface area (Å²) in [6, 6.07) is 0.458. The van der Waals surface area contributed by atoms with Gasteiger partial charge in [-0.25, -0.2) is 0 Å². The fraction of sp³-hybridized carbons (Fsp3) is 0.941. The molecule has 1 N–H and O–H groups in total. The van der Waals surface area contributed by atoms with Gasteiger partial charge < -0.3 is 5.32 Å². The summed E-state index contributed by atoms with van der Waals surface area (Å²) in [6.07, 6.45) is 15.8. The average molecular weight is 265 g/mol. The van der Waals surface area contributed by atoms with Crippen molar-refractivity contribution in [3.63, 3.8) is 0 Å². The fourth-order valence-corrected chi connectivity index (χ4v) is 3.30. The molecule has 0 spiro atoms. The van der Waals surface area contributed by atoms with Gasteiger partial charge >= 0.3 is 0 Å². The van der Waals surface area contributed by atoms with Crippen molar-refractivity contribution in [3.8, 4) is 0 Å². The summed E-state index contributed by atoms with van der Waals surface area (Å²) in [5, 5.41) is 3.32. The van der Waals surface area contributed by atoms with Crippen molar-refractivity contribution in [1.82, 2.24) is 5.32 Å². The first kappa shape index (κ1) is 14.9. The Bertz CT molecular complexity index is 264. The lowest BCUT2D eigenvalue weighted by Gasteiger charge is -2.19. The van der Waals surface area contributed by atoms with Crippen LogP contribution in [0, 0.1) is 11.8 Å². The lowest BCUT2D eigenvalue weighted by molar-refractivity contribution is -0.123. The molecule has 0 bridgehead atoms. The summed E-state index contributed by atoms with van der Waals surface area (Å²) < 4.78 is 0. The molecular formula is C17H31NO. The standard InChI is InChI=1S/C17H31NO/c1-14-13-16(14)17(19)18-15-11-9-7-5-3-2-4-6-8-10-12-15/h14-16H,2-13H2,1H3,(H,18,19)/t14-,16-/m0/s1. The highest BCUT2D eigenvalue weighted by molar-refractivity contribution is 5.81. The van der Waals surface area contributed by atoms with Crippen molar-refractivity contribution in [3.05, 3.63) is 0 Å². The summed E-state index contributed by atoms with van der Waals surface area (Å²) in [5.41, 5.74) is 0. The molecule has 1 amide bonds. The van der Waals surface area contributed by atoms with E-state index < -0.39 is 0 Å². The van der Waals surface area contributed by atoms with Crippen LogP contribution in [0.15, 0.2) is 0 Å². The molecule has 2 rings (SSSR count). The van der Waals surface area contributed by atoms with Crippen LogP contribution in [0.5, 0.6) is 0 Å². The van der Waals surface area contributed by atoms with Gasteiger partial charge in [-0.05, 0) is 25.2 Å². The van der Waals surface area contributed by atoms with Gasteiger partial charge in [0.25, 0.3) is 0 Å². The van der Waals surface area contributed by atoms with Crippen molar-refractivity contribution in [2.75, 3.05) is 0 Å². The quantitative estimate of drug-likeness (QED) is 0.786. The maximum absolute atomic E-state index is 12.0. The van der Waals surface area contributed by atoms with Crippen molar-refractivity contribution in [2.24, 2.45) is 11.8 Å². The van der Waals surface area contributed by atoms with Gasteiger partial charge in [0.1, 0.15) is 0 Å². The molecule has 0 radical (unpaired) electrons. The second kappa shape index (κ2) is 7.91. The van der Waals surface area contributed by atoms with Crippen molar-refractivity contribution >= 4 is 5.91 Å². The van der Waals surface area contributed by atoms with Crippen LogP contribution in [0.25, 0.3) is 0 Å². The number of hydrogen-bond donors (Lipinski definition) is 1. The van der Waals surface area contributed by atoms with E-state index in [1.807, 2.05) is 0 Å². The van der Waals surface area contributed by atoms with Crippen LogP contribution in [-0.4, -0.2) is 11.9 Å². The van der Waals surface area contributed by atoms with Gasteiger partial charge in [-0.15, -0.1) is 0 Å². The second-order valence-electron chi connectivity index (χ2n) is 6.78. The van der Waals surface area contributed by atoms with Gasteiger partial charge in [-0.3, -0.25) is 4.79 Å². The molecule has 0 aromatic carbocycles. The molecule has 0 aromatic rings. The van der Waals surface area contributed by atoms with Crippen LogP contribution in [0.2, 0.25) is 0 Å². The topological polar surface area (TPSA) is 29.1 Å². The highest BCUT2D eigenvalue weighted by Crippen LogP contribution is 2.37. The molecule has 0 aromatic heterocycles. The van der Waals surface area contributed by atoms with Gasteiger partial charge in [-0.2, -0.15) is 0 Å². The molecule has 0 heterocycles. The third-order valence-electron chi connectivity index (χ3n) is 4.90. The predicted octanol–water partition coefficient (Wildman–Crippen LogP) is 4.43. The van der Waals surface area contributed by atoms with Crippen LogP contribution in [0.1, 0.15) is 84.0 Å². The average Bonchev–Trinajstić information content (AvgIpc) is 3.10. The SMILES string of the molecule is C[C@H]1C[C@@H]1C(=O)NC1CCCCCCCCCCC1. The lowest BCUT2D eigenvalue weighted by atomic mass is 9.98. The van der Waals surface area contributed by atoms with E-state index in [1.165, 1.54) is 70.6 Å². The molecular weight excluding hydrogens is 234 g/mol. The number of nitrogens with one attached hydrogen (secondary N) is 1. The molecule has 0 saturated heterocycles. The third kappa shape index (κ3) is 5.54. The zero-order chi connectivity index (χ0) is 13.5. The predicted molar refractivity (Wildman–Crippen MR) is 80.0 cm³/mol. The smallest absolute Gasteiger partial charge is 0.223 e. The molecule has 2 aliphatic carbocycles. The summed E-state index contributed by atoms with van der Waals surface area (Å²) >= 11 is 0. The van der Waals surface area contributed by atoms with E-state index in [9.17, 15) is 4.79 Å². The zero-order valence-electron chi connectivity index (χ0n) is 12.6. The van der Waals surface area contributed by atoms with Crippen LogP contribution >= 0.6 is 0 Å². The van der Waals surface area contributed by atoms with Gasteiger partial charge in [0.05, 0.1) is 0 Å². The third-order valence-corrected chi connectivity index (χ3v) is 4.90. The highest BCUT2D eigenvalue weighted by atomic mass is 16.2. The monoisotopic (exact) mass is 265 g/mol. The Morgan fingerprint density at radius 3 is 1.68 bits per heavy atom. The summed E-state index contributed by atoms with van der Waals surface area (Å²) in [4.78, 5) is 12.0. The Labute approximate surface area is 118 Å². The Kier molecular flexibility index (Phi) is 6.19. The Morgan fingerprint density at radius 2 is 1.26 bits per heavy atom. The van der Waals surface area contributed by atoms with Gasteiger partial charge in [0, 0.05) is 12.0 Å². The van der Waals surface area contributed by atoms with Crippen LogP contribution in [-0.2, 0) is 4.79 Å². The molecule has 110 valence electrons. The number of carbonyl (C=O) groups excluding carboxylic acids is 1.